The summed E-state index contributed by atoms with van der Waals surface area (Å²) in [4.78, 5) is 10.4. The second-order valence-corrected chi connectivity index (χ2v) is 4.35. The highest BCUT2D eigenvalue weighted by Crippen LogP contribution is 2.24. The lowest BCUT2D eigenvalue weighted by molar-refractivity contribution is -0.384. The highest BCUT2D eigenvalue weighted by molar-refractivity contribution is 5.56. The molecule has 0 aliphatic carbocycles. The third-order valence-electron chi connectivity index (χ3n) is 2.89. The first-order valence-electron chi connectivity index (χ1n) is 6.50. The smallest absolute Gasteiger partial charge is 0.269 e. The highest BCUT2D eigenvalue weighted by Gasteiger charge is 2.12. The third kappa shape index (κ3) is 3.68. The fraction of sp³-hybridized carbons (Fsp3) is 0.200. The van der Waals surface area contributed by atoms with E-state index in [0.717, 1.165) is 5.69 Å². The molecule has 2 aromatic rings. The minimum absolute atomic E-state index is 0.0243. The molecule has 0 spiro atoms. The predicted octanol–water partition coefficient (Wildman–Crippen LogP) is 3.74. The SMILES string of the molecule is CCNc1ccc([N+](=O)[O-])cc1COc1ccccc1F. The molecule has 0 amide bonds. The van der Waals surface area contributed by atoms with Crippen molar-refractivity contribution >= 4 is 11.4 Å². The Morgan fingerprint density at radius 1 is 1.29 bits per heavy atom. The molecule has 2 rings (SSSR count). The van der Waals surface area contributed by atoms with Crippen molar-refractivity contribution in [3.8, 4) is 5.75 Å². The Hall–Kier alpha value is -2.63. The summed E-state index contributed by atoms with van der Waals surface area (Å²) in [5.74, 6) is -0.348. The summed E-state index contributed by atoms with van der Waals surface area (Å²) in [6, 6.07) is 10.5. The molecule has 1 N–H and O–H groups in total. The summed E-state index contributed by atoms with van der Waals surface area (Å²) in [5, 5.41) is 13.9. The van der Waals surface area contributed by atoms with E-state index in [9.17, 15) is 14.5 Å². The van der Waals surface area contributed by atoms with E-state index in [2.05, 4.69) is 5.32 Å². The Labute approximate surface area is 121 Å². The van der Waals surface area contributed by atoms with E-state index in [1.807, 2.05) is 6.92 Å². The maximum atomic E-state index is 13.5. The number of benzene rings is 2. The van der Waals surface area contributed by atoms with Gasteiger partial charge in [-0.3, -0.25) is 10.1 Å². The van der Waals surface area contributed by atoms with Crippen molar-refractivity contribution in [1.82, 2.24) is 0 Å². The first-order chi connectivity index (χ1) is 10.1. The van der Waals surface area contributed by atoms with Crippen LogP contribution in [0.5, 0.6) is 5.75 Å². The lowest BCUT2D eigenvalue weighted by Crippen LogP contribution is -2.05. The summed E-state index contributed by atoms with van der Waals surface area (Å²) in [6.45, 7) is 2.64. The van der Waals surface area contributed by atoms with Gasteiger partial charge in [0, 0.05) is 29.9 Å². The van der Waals surface area contributed by atoms with E-state index in [0.29, 0.717) is 12.1 Å². The van der Waals surface area contributed by atoms with E-state index < -0.39 is 10.7 Å². The van der Waals surface area contributed by atoms with Crippen molar-refractivity contribution in [2.75, 3.05) is 11.9 Å². The van der Waals surface area contributed by atoms with Crippen LogP contribution in [0.2, 0.25) is 0 Å². The number of nitrogens with zero attached hydrogens (tertiary/aromatic N) is 1. The zero-order valence-electron chi connectivity index (χ0n) is 11.5. The lowest BCUT2D eigenvalue weighted by Gasteiger charge is -2.12. The molecule has 0 saturated carbocycles. The molecule has 0 bridgehead atoms. The Kier molecular flexibility index (Phi) is 4.71. The van der Waals surface area contributed by atoms with Gasteiger partial charge in [-0.05, 0) is 25.1 Å². The second kappa shape index (κ2) is 6.69. The first kappa shape index (κ1) is 14.8. The number of non-ortho nitro benzene ring substituents is 1. The van der Waals surface area contributed by atoms with Crippen LogP contribution in [-0.2, 0) is 6.61 Å². The van der Waals surface area contributed by atoms with Gasteiger partial charge in [-0.1, -0.05) is 12.1 Å². The summed E-state index contributed by atoms with van der Waals surface area (Å²) in [7, 11) is 0. The quantitative estimate of drug-likeness (QED) is 0.650. The number of halogens is 1. The minimum atomic E-state index is -0.470. The van der Waals surface area contributed by atoms with Gasteiger partial charge in [0.2, 0.25) is 0 Å². The van der Waals surface area contributed by atoms with Gasteiger partial charge in [0.15, 0.2) is 11.6 Å². The molecule has 5 nitrogen and oxygen atoms in total. The van der Waals surface area contributed by atoms with Crippen molar-refractivity contribution in [2.45, 2.75) is 13.5 Å². The van der Waals surface area contributed by atoms with E-state index in [-0.39, 0.29) is 18.0 Å². The van der Waals surface area contributed by atoms with Crippen LogP contribution in [0, 0.1) is 15.9 Å². The number of nitrogens with one attached hydrogen (secondary N) is 1. The third-order valence-corrected chi connectivity index (χ3v) is 2.89. The van der Waals surface area contributed by atoms with Crippen LogP contribution in [0.15, 0.2) is 42.5 Å². The monoisotopic (exact) mass is 290 g/mol. The van der Waals surface area contributed by atoms with Gasteiger partial charge in [-0.15, -0.1) is 0 Å². The highest BCUT2D eigenvalue weighted by atomic mass is 19.1. The maximum Gasteiger partial charge on any atom is 0.269 e. The number of hydrogen-bond acceptors (Lipinski definition) is 4. The van der Waals surface area contributed by atoms with Gasteiger partial charge in [-0.25, -0.2) is 4.39 Å². The van der Waals surface area contributed by atoms with Crippen LogP contribution in [0.25, 0.3) is 0 Å². The topological polar surface area (TPSA) is 64.4 Å². The number of nitro groups is 1. The van der Waals surface area contributed by atoms with Crippen LogP contribution in [-0.4, -0.2) is 11.5 Å². The maximum absolute atomic E-state index is 13.5. The summed E-state index contributed by atoms with van der Waals surface area (Å²) in [5.41, 5.74) is 1.32. The van der Waals surface area contributed by atoms with Gasteiger partial charge in [0.1, 0.15) is 6.61 Å². The normalized spacial score (nSPS) is 10.2. The van der Waals surface area contributed by atoms with Crippen LogP contribution in [0.3, 0.4) is 0 Å². The van der Waals surface area contributed by atoms with E-state index in [4.69, 9.17) is 4.74 Å². The Bertz CT molecular complexity index is 647. The molecule has 6 heteroatoms. The summed E-state index contributed by atoms with van der Waals surface area (Å²) in [6.07, 6.45) is 0. The Morgan fingerprint density at radius 3 is 2.71 bits per heavy atom. The Balaban J connectivity index is 2.22. The Morgan fingerprint density at radius 2 is 2.05 bits per heavy atom. The number of nitro benzene ring substituents is 1. The molecule has 0 unspecified atom stereocenters. The van der Waals surface area contributed by atoms with E-state index >= 15 is 0 Å². The largest absolute Gasteiger partial charge is 0.486 e. The van der Waals surface area contributed by atoms with Crippen LogP contribution < -0.4 is 10.1 Å². The standard InChI is InChI=1S/C15H15FN2O3/c1-2-17-14-8-7-12(18(19)20)9-11(14)10-21-15-6-4-3-5-13(15)16/h3-9,17H,2,10H2,1H3. The van der Waals surface area contributed by atoms with Crippen molar-refractivity contribution in [3.05, 3.63) is 64.0 Å². The number of para-hydroxylation sites is 1. The molecule has 0 aromatic heterocycles. The fourth-order valence-electron chi connectivity index (χ4n) is 1.89. The average molecular weight is 290 g/mol. The van der Waals surface area contributed by atoms with Crippen molar-refractivity contribution in [2.24, 2.45) is 0 Å². The molecular formula is C15H15FN2O3. The van der Waals surface area contributed by atoms with Gasteiger partial charge >= 0.3 is 0 Å². The first-order valence-corrected chi connectivity index (χ1v) is 6.50. The van der Waals surface area contributed by atoms with Gasteiger partial charge in [0.05, 0.1) is 4.92 Å². The minimum Gasteiger partial charge on any atom is -0.486 e. The summed E-state index contributed by atoms with van der Waals surface area (Å²) >= 11 is 0. The average Bonchev–Trinajstić information content (AvgIpc) is 2.47. The molecule has 0 fully saturated rings. The molecule has 21 heavy (non-hydrogen) atoms. The number of hydrogen-bond donors (Lipinski definition) is 1. The molecule has 2 aromatic carbocycles. The van der Waals surface area contributed by atoms with Crippen LogP contribution in [0.1, 0.15) is 12.5 Å². The molecule has 0 aliphatic rings. The van der Waals surface area contributed by atoms with Gasteiger partial charge in [-0.2, -0.15) is 0 Å². The molecule has 110 valence electrons. The predicted molar refractivity (Wildman–Crippen MR) is 78.0 cm³/mol. The molecule has 0 heterocycles. The van der Waals surface area contributed by atoms with Crippen LogP contribution in [0.4, 0.5) is 15.8 Å². The zero-order valence-corrected chi connectivity index (χ0v) is 11.5. The second-order valence-electron chi connectivity index (χ2n) is 4.35. The molecule has 0 saturated heterocycles. The lowest BCUT2D eigenvalue weighted by atomic mass is 10.1. The zero-order chi connectivity index (χ0) is 15.2. The molecule has 0 atom stereocenters. The molecule has 0 radical (unpaired) electrons. The van der Waals surface area contributed by atoms with Crippen molar-refractivity contribution in [3.63, 3.8) is 0 Å². The van der Waals surface area contributed by atoms with E-state index in [1.54, 1.807) is 18.2 Å². The van der Waals surface area contributed by atoms with Crippen molar-refractivity contribution < 1.29 is 14.1 Å². The summed E-state index contributed by atoms with van der Waals surface area (Å²) < 4.78 is 18.9. The molecule has 0 aliphatic heterocycles. The molecular weight excluding hydrogens is 275 g/mol. The number of anilines is 1. The van der Waals surface area contributed by atoms with Gasteiger partial charge < -0.3 is 10.1 Å². The van der Waals surface area contributed by atoms with Crippen molar-refractivity contribution in [1.29, 1.82) is 0 Å². The van der Waals surface area contributed by atoms with Gasteiger partial charge in [0.25, 0.3) is 5.69 Å². The van der Waals surface area contributed by atoms with Crippen LogP contribution >= 0.6 is 0 Å². The number of ether oxygens (including phenoxy) is 1. The van der Waals surface area contributed by atoms with E-state index in [1.165, 1.54) is 24.3 Å². The fourth-order valence-corrected chi connectivity index (χ4v) is 1.89. The number of rotatable bonds is 6.